The van der Waals surface area contributed by atoms with E-state index in [0.29, 0.717) is 0 Å². The van der Waals surface area contributed by atoms with Gasteiger partial charge in [-0.3, -0.25) is 0 Å². The summed E-state index contributed by atoms with van der Waals surface area (Å²) in [6.07, 6.45) is 1.19. The highest BCUT2D eigenvalue weighted by Crippen LogP contribution is 2.30. The van der Waals surface area contributed by atoms with E-state index in [-0.39, 0.29) is 5.92 Å². The highest BCUT2D eigenvalue weighted by atomic mass is 19.4. The minimum absolute atomic E-state index is 0.0825. The van der Waals surface area contributed by atoms with E-state index in [1.54, 1.807) is 0 Å². The molecule has 14 heavy (non-hydrogen) atoms. The van der Waals surface area contributed by atoms with Crippen molar-refractivity contribution >= 4 is 0 Å². The summed E-state index contributed by atoms with van der Waals surface area (Å²) in [5, 5.41) is 0. The van der Waals surface area contributed by atoms with E-state index < -0.39 is 18.6 Å². The van der Waals surface area contributed by atoms with Gasteiger partial charge in [-0.2, -0.15) is 13.2 Å². The second kappa shape index (κ2) is 5.01. The molecule has 1 saturated carbocycles. The molecule has 0 bridgehead atoms. The fourth-order valence-corrected chi connectivity index (χ4v) is 2.17. The Hall–Kier alpha value is -0.250. The minimum Gasteiger partial charge on any atom is -0.327 e. The number of hydrogen-bond acceptors (Lipinski definition) is 1. The van der Waals surface area contributed by atoms with Crippen LogP contribution in [0.25, 0.3) is 0 Å². The fourth-order valence-electron chi connectivity index (χ4n) is 2.17. The van der Waals surface area contributed by atoms with Crippen molar-refractivity contribution in [1.82, 2.24) is 0 Å². The van der Waals surface area contributed by atoms with Gasteiger partial charge in [0.05, 0.1) is 6.42 Å². The van der Waals surface area contributed by atoms with Gasteiger partial charge in [0.2, 0.25) is 0 Å². The van der Waals surface area contributed by atoms with Crippen LogP contribution in [0, 0.1) is 5.92 Å². The van der Waals surface area contributed by atoms with Crippen LogP contribution < -0.4 is 5.73 Å². The Morgan fingerprint density at radius 2 is 1.57 bits per heavy atom. The molecule has 0 spiro atoms. The minimum atomic E-state index is -4.11. The Bertz CT molecular complexity index is 159. The third kappa shape index (κ3) is 4.31. The molecule has 0 heterocycles. The van der Waals surface area contributed by atoms with Gasteiger partial charge in [-0.05, 0) is 18.8 Å². The lowest BCUT2D eigenvalue weighted by Crippen LogP contribution is -2.34. The molecule has 1 aliphatic carbocycles. The lowest BCUT2D eigenvalue weighted by Gasteiger charge is -2.23. The molecule has 0 saturated heterocycles. The quantitative estimate of drug-likeness (QED) is 0.694. The van der Waals surface area contributed by atoms with Gasteiger partial charge in [0.1, 0.15) is 0 Å². The first-order chi connectivity index (χ1) is 6.49. The predicted molar refractivity (Wildman–Crippen MR) is 49.8 cm³/mol. The molecule has 0 aliphatic heterocycles. The van der Waals surface area contributed by atoms with E-state index in [4.69, 9.17) is 5.73 Å². The van der Waals surface area contributed by atoms with Gasteiger partial charge >= 0.3 is 6.18 Å². The lowest BCUT2D eigenvalue weighted by molar-refractivity contribution is -0.141. The summed E-state index contributed by atoms with van der Waals surface area (Å²) in [6.45, 7) is 0. The first kappa shape index (κ1) is 11.8. The highest BCUT2D eigenvalue weighted by molar-refractivity contribution is 4.77. The molecule has 0 radical (unpaired) electrons. The third-order valence-electron chi connectivity index (χ3n) is 2.97. The van der Waals surface area contributed by atoms with Crippen LogP contribution in [0.3, 0.4) is 0 Å². The maximum Gasteiger partial charge on any atom is 0.390 e. The summed E-state index contributed by atoms with van der Waals surface area (Å²) in [6, 6.07) is -0.687. The molecular weight excluding hydrogens is 191 g/mol. The molecule has 1 atom stereocenters. The molecule has 1 fully saturated rings. The monoisotopic (exact) mass is 209 g/mol. The predicted octanol–water partition coefficient (Wildman–Crippen LogP) is 3.24. The lowest BCUT2D eigenvalue weighted by atomic mass is 9.90. The van der Waals surface area contributed by atoms with Gasteiger partial charge < -0.3 is 5.73 Å². The van der Waals surface area contributed by atoms with Crippen molar-refractivity contribution in [3.8, 4) is 0 Å². The first-order valence-electron chi connectivity index (χ1n) is 5.31. The zero-order valence-corrected chi connectivity index (χ0v) is 8.32. The number of alkyl halides is 3. The largest absolute Gasteiger partial charge is 0.390 e. The molecule has 4 heteroatoms. The Morgan fingerprint density at radius 1 is 1.07 bits per heavy atom. The third-order valence-corrected chi connectivity index (χ3v) is 2.97. The van der Waals surface area contributed by atoms with Gasteiger partial charge in [0.15, 0.2) is 0 Å². The first-order valence-corrected chi connectivity index (χ1v) is 5.31. The highest BCUT2D eigenvalue weighted by Gasteiger charge is 2.33. The van der Waals surface area contributed by atoms with Crippen molar-refractivity contribution in [2.75, 3.05) is 0 Å². The van der Waals surface area contributed by atoms with Crippen molar-refractivity contribution < 1.29 is 13.2 Å². The Kier molecular flexibility index (Phi) is 4.23. The topological polar surface area (TPSA) is 26.0 Å². The maximum absolute atomic E-state index is 12.1. The zero-order valence-electron chi connectivity index (χ0n) is 8.32. The van der Waals surface area contributed by atoms with Gasteiger partial charge in [-0.15, -0.1) is 0 Å². The zero-order chi connectivity index (χ0) is 10.6. The summed E-state index contributed by atoms with van der Waals surface area (Å²) in [5.74, 6) is 0.0825. The van der Waals surface area contributed by atoms with Gasteiger partial charge in [0, 0.05) is 6.04 Å². The molecule has 0 aromatic rings. The number of halogens is 3. The van der Waals surface area contributed by atoms with Crippen LogP contribution in [0.1, 0.15) is 44.9 Å². The summed E-state index contributed by atoms with van der Waals surface area (Å²) < 4.78 is 36.2. The molecule has 0 aromatic heterocycles. The van der Waals surface area contributed by atoms with Crippen molar-refractivity contribution in [3.63, 3.8) is 0 Å². The normalized spacial score (nSPS) is 23.1. The molecule has 0 amide bonds. The van der Waals surface area contributed by atoms with E-state index in [2.05, 4.69) is 0 Å². The Labute approximate surface area is 82.9 Å². The summed E-state index contributed by atoms with van der Waals surface area (Å²) >= 11 is 0. The average Bonchev–Trinajstić information content (AvgIpc) is 2.27. The van der Waals surface area contributed by atoms with Crippen LogP contribution in [-0.4, -0.2) is 12.2 Å². The van der Waals surface area contributed by atoms with Crippen LogP contribution in [-0.2, 0) is 0 Å². The van der Waals surface area contributed by atoms with Crippen LogP contribution >= 0.6 is 0 Å². The van der Waals surface area contributed by atoms with Crippen LogP contribution in [0.2, 0.25) is 0 Å². The Morgan fingerprint density at radius 3 is 2.00 bits per heavy atom. The molecule has 0 aromatic carbocycles. The Balaban J connectivity index is 2.37. The fraction of sp³-hybridized carbons (Fsp3) is 1.00. The molecule has 84 valence electrons. The van der Waals surface area contributed by atoms with Gasteiger partial charge in [-0.25, -0.2) is 0 Å². The molecule has 1 nitrogen and oxygen atoms in total. The summed E-state index contributed by atoms with van der Waals surface area (Å²) in [5.41, 5.74) is 5.58. The van der Waals surface area contributed by atoms with Crippen molar-refractivity contribution in [2.45, 2.75) is 57.2 Å². The van der Waals surface area contributed by atoms with Crippen LogP contribution in [0.5, 0.6) is 0 Å². The summed E-state index contributed by atoms with van der Waals surface area (Å²) in [4.78, 5) is 0. The maximum atomic E-state index is 12.1. The second-order valence-electron chi connectivity index (χ2n) is 4.23. The standard InChI is InChI=1S/C10H18F3N/c11-10(12,13)7-9(14)8-5-3-1-2-4-6-8/h8-9H,1-7,14H2/t9-/m0/s1. The molecular formula is C10H18F3N. The molecule has 2 N–H and O–H groups in total. The van der Waals surface area contributed by atoms with E-state index in [1.807, 2.05) is 0 Å². The number of hydrogen-bond donors (Lipinski definition) is 1. The van der Waals surface area contributed by atoms with Gasteiger partial charge in [0.25, 0.3) is 0 Å². The van der Waals surface area contributed by atoms with Crippen molar-refractivity contribution in [2.24, 2.45) is 11.7 Å². The van der Waals surface area contributed by atoms with Crippen molar-refractivity contribution in [1.29, 1.82) is 0 Å². The second-order valence-corrected chi connectivity index (χ2v) is 4.23. The average molecular weight is 209 g/mol. The van der Waals surface area contributed by atoms with Crippen molar-refractivity contribution in [3.05, 3.63) is 0 Å². The van der Waals surface area contributed by atoms with Gasteiger partial charge in [-0.1, -0.05) is 25.7 Å². The van der Waals surface area contributed by atoms with E-state index in [0.717, 1.165) is 38.5 Å². The van der Waals surface area contributed by atoms with E-state index in [1.165, 1.54) is 0 Å². The SMILES string of the molecule is N[C@@H](CC(F)(F)F)C1CCCCCC1. The smallest absolute Gasteiger partial charge is 0.327 e. The molecule has 0 unspecified atom stereocenters. The molecule has 1 aliphatic rings. The van der Waals surface area contributed by atoms with Crippen LogP contribution in [0.4, 0.5) is 13.2 Å². The number of nitrogens with two attached hydrogens (primary N) is 1. The number of rotatable bonds is 2. The van der Waals surface area contributed by atoms with E-state index >= 15 is 0 Å². The van der Waals surface area contributed by atoms with E-state index in [9.17, 15) is 13.2 Å². The molecule has 1 rings (SSSR count). The summed E-state index contributed by atoms with van der Waals surface area (Å²) in [7, 11) is 0. The van der Waals surface area contributed by atoms with Crippen LogP contribution in [0.15, 0.2) is 0 Å².